The molecule has 1 aromatic carbocycles. The van der Waals surface area contributed by atoms with E-state index in [0.717, 1.165) is 77.6 Å². The maximum atomic E-state index is 12.8. The van der Waals surface area contributed by atoms with Crippen molar-refractivity contribution in [3.05, 3.63) is 69.3 Å². The minimum Gasteiger partial charge on any atom is -0.384 e. The molecular weight excluding hydrogens is 496 g/mol. The molecule has 1 aliphatic heterocycles. The first-order valence-corrected chi connectivity index (χ1v) is 14.2. The number of hydrogen-bond acceptors (Lipinski definition) is 6. The number of anilines is 1. The van der Waals surface area contributed by atoms with Gasteiger partial charge in [-0.2, -0.15) is 16.4 Å². The van der Waals surface area contributed by atoms with Gasteiger partial charge in [0.25, 0.3) is 5.91 Å². The molecule has 0 bridgehead atoms. The topological polar surface area (TPSA) is 114 Å². The average Bonchev–Trinajstić information content (AvgIpc) is 3.32. The van der Waals surface area contributed by atoms with Crippen LogP contribution in [0, 0.1) is 6.92 Å². The number of nitrogens with two attached hydrogens (primary N) is 2. The number of rotatable bonds is 6. The lowest BCUT2D eigenvalue weighted by molar-refractivity contribution is -0.0366. The standard InChI is InChI=1S/C29H30N6O2S/c1-16-5-8-22-20(14-33-35(22)23-4-2-3-10-37-23)26(16)34-27-19(12-17-9-11-38-15-17)25(18-6-7-18)32-13-21(27)24(28(34)30)29(31)36/h5,8-9,11,13-15,18,23H,2-4,6-7,10,12,30H2,1H3,(H2,31,36). The van der Waals surface area contributed by atoms with Crippen LogP contribution in [0.5, 0.6) is 0 Å². The molecule has 7 rings (SSSR count). The van der Waals surface area contributed by atoms with Gasteiger partial charge >= 0.3 is 0 Å². The number of hydrogen-bond donors (Lipinski definition) is 2. The van der Waals surface area contributed by atoms with Crippen LogP contribution in [0.25, 0.3) is 27.5 Å². The summed E-state index contributed by atoms with van der Waals surface area (Å²) in [4.78, 5) is 17.7. The van der Waals surface area contributed by atoms with E-state index in [1.54, 1.807) is 17.5 Å². The van der Waals surface area contributed by atoms with Crippen molar-refractivity contribution in [1.29, 1.82) is 0 Å². The number of carbonyl (C=O) groups is 1. The molecule has 38 heavy (non-hydrogen) atoms. The molecule has 9 heteroatoms. The number of pyridine rings is 1. The second-order valence-electron chi connectivity index (χ2n) is 10.5. The Labute approximate surface area is 224 Å². The molecule has 2 aliphatic rings. The van der Waals surface area contributed by atoms with Gasteiger partial charge in [0, 0.05) is 47.2 Å². The van der Waals surface area contributed by atoms with Gasteiger partial charge in [0.2, 0.25) is 0 Å². The molecule has 8 nitrogen and oxygen atoms in total. The second kappa shape index (κ2) is 8.96. The maximum Gasteiger partial charge on any atom is 0.253 e. The number of aromatic nitrogens is 4. The van der Waals surface area contributed by atoms with Crippen LogP contribution in [0.4, 0.5) is 5.82 Å². The quantitative estimate of drug-likeness (QED) is 0.299. The maximum absolute atomic E-state index is 12.8. The number of carbonyl (C=O) groups excluding carboxylic acids is 1. The summed E-state index contributed by atoms with van der Waals surface area (Å²) in [7, 11) is 0. The Hall–Kier alpha value is -3.69. The van der Waals surface area contributed by atoms with Crippen molar-refractivity contribution in [3.63, 3.8) is 0 Å². The zero-order valence-electron chi connectivity index (χ0n) is 21.3. The van der Waals surface area contributed by atoms with E-state index in [2.05, 4.69) is 35.9 Å². The fourth-order valence-corrected chi connectivity index (χ4v) is 6.66. The van der Waals surface area contributed by atoms with E-state index in [0.29, 0.717) is 29.1 Å². The molecule has 1 amide bonds. The van der Waals surface area contributed by atoms with Crippen LogP contribution < -0.4 is 11.5 Å². The summed E-state index contributed by atoms with van der Waals surface area (Å²) < 4.78 is 10.1. The van der Waals surface area contributed by atoms with Gasteiger partial charge in [-0.3, -0.25) is 14.3 Å². The van der Waals surface area contributed by atoms with Crippen LogP contribution in [0.3, 0.4) is 0 Å². The Morgan fingerprint density at radius 2 is 2.03 bits per heavy atom. The Morgan fingerprint density at radius 3 is 2.74 bits per heavy atom. The van der Waals surface area contributed by atoms with Gasteiger partial charge < -0.3 is 16.2 Å². The number of nitrogen functional groups attached to an aromatic ring is 1. The van der Waals surface area contributed by atoms with Crippen molar-refractivity contribution >= 4 is 44.9 Å². The number of ether oxygens (including phenoxy) is 1. The fourth-order valence-electron chi connectivity index (χ4n) is 6.00. The lowest BCUT2D eigenvalue weighted by atomic mass is 9.99. The molecule has 1 saturated heterocycles. The van der Waals surface area contributed by atoms with Crippen LogP contribution in [0.2, 0.25) is 0 Å². The van der Waals surface area contributed by atoms with Gasteiger partial charge in [0.05, 0.1) is 28.5 Å². The van der Waals surface area contributed by atoms with E-state index in [-0.39, 0.29) is 6.23 Å². The first kappa shape index (κ1) is 23.4. The van der Waals surface area contributed by atoms with Crippen molar-refractivity contribution in [2.45, 2.75) is 57.6 Å². The van der Waals surface area contributed by atoms with Gasteiger partial charge in [0.1, 0.15) is 5.82 Å². The highest BCUT2D eigenvalue weighted by Crippen LogP contribution is 2.45. The lowest BCUT2D eigenvalue weighted by Gasteiger charge is -2.23. The van der Waals surface area contributed by atoms with Crippen molar-refractivity contribution in [2.75, 3.05) is 12.3 Å². The van der Waals surface area contributed by atoms with Crippen LogP contribution >= 0.6 is 11.3 Å². The molecule has 4 aromatic heterocycles. The average molecular weight is 527 g/mol. The third-order valence-electron chi connectivity index (χ3n) is 7.95. The number of primary amides is 1. The molecule has 5 heterocycles. The summed E-state index contributed by atoms with van der Waals surface area (Å²) in [5, 5.41) is 10.7. The summed E-state index contributed by atoms with van der Waals surface area (Å²) in [6.07, 6.45) is 9.68. The zero-order valence-corrected chi connectivity index (χ0v) is 22.1. The van der Waals surface area contributed by atoms with Gasteiger partial charge in [-0.25, -0.2) is 4.68 Å². The van der Waals surface area contributed by atoms with Gasteiger partial charge in [-0.15, -0.1) is 0 Å². The van der Waals surface area contributed by atoms with Crippen molar-refractivity contribution in [2.24, 2.45) is 5.73 Å². The highest BCUT2D eigenvalue weighted by molar-refractivity contribution is 7.07. The molecule has 1 atom stereocenters. The molecule has 1 unspecified atom stereocenters. The second-order valence-corrected chi connectivity index (χ2v) is 11.3. The smallest absolute Gasteiger partial charge is 0.253 e. The number of amides is 1. The Morgan fingerprint density at radius 1 is 1.16 bits per heavy atom. The first-order valence-electron chi connectivity index (χ1n) is 13.2. The van der Waals surface area contributed by atoms with Crippen molar-refractivity contribution < 1.29 is 9.53 Å². The lowest BCUT2D eigenvalue weighted by Crippen LogP contribution is -2.19. The van der Waals surface area contributed by atoms with Gasteiger partial charge in [0.15, 0.2) is 6.23 Å². The molecule has 1 saturated carbocycles. The molecule has 0 spiro atoms. The number of fused-ring (bicyclic) bond motifs is 2. The third-order valence-corrected chi connectivity index (χ3v) is 8.68. The predicted molar refractivity (Wildman–Crippen MR) is 150 cm³/mol. The predicted octanol–water partition coefficient (Wildman–Crippen LogP) is 5.59. The monoisotopic (exact) mass is 526 g/mol. The number of benzene rings is 1. The van der Waals surface area contributed by atoms with E-state index in [9.17, 15) is 4.79 Å². The van der Waals surface area contributed by atoms with Crippen molar-refractivity contribution in [1.82, 2.24) is 19.3 Å². The Bertz CT molecular complexity index is 1690. The van der Waals surface area contributed by atoms with Gasteiger partial charge in [-0.1, -0.05) is 6.07 Å². The van der Waals surface area contributed by atoms with E-state index in [1.807, 2.05) is 15.4 Å². The summed E-state index contributed by atoms with van der Waals surface area (Å²) in [5.74, 6) is 0.216. The summed E-state index contributed by atoms with van der Waals surface area (Å²) in [6, 6.07) is 6.33. The number of thiophene rings is 1. The third kappa shape index (κ3) is 3.64. The molecular formula is C29H30N6O2S. The number of nitrogens with zero attached hydrogens (tertiary/aromatic N) is 4. The Balaban J connectivity index is 1.54. The first-order chi connectivity index (χ1) is 18.5. The Kier molecular flexibility index (Phi) is 5.52. The molecule has 194 valence electrons. The fraction of sp³-hybridized carbons (Fsp3) is 0.345. The van der Waals surface area contributed by atoms with E-state index >= 15 is 0 Å². The van der Waals surface area contributed by atoms with Crippen LogP contribution in [-0.2, 0) is 11.2 Å². The highest BCUT2D eigenvalue weighted by Gasteiger charge is 2.32. The molecule has 2 fully saturated rings. The van der Waals surface area contributed by atoms with E-state index in [4.69, 9.17) is 26.3 Å². The van der Waals surface area contributed by atoms with Crippen LogP contribution in [0.1, 0.15) is 77.0 Å². The van der Waals surface area contributed by atoms with Crippen molar-refractivity contribution in [3.8, 4) is 5.69 Å². The normalized spacial score (nSPS) is 18.0. The largest absolute Gasteiger partial charge is 0.384 e. The minimum absolute atomic E-state index is 0.0865. The van der Waals surface area contributed by atoms with E-state index in [1.165, 1.54) is 5.56 Å². The SMILES string of the molecule is Cc1ccc2c(cnn2C2CCCCO2)c1-n1c(N)c(C(N)=O)c2cnc(C3CC3)c(Cc3ccsc3)c21. The van der Waals surface area contributed by atoms with Crippen LogP contribution in [0.15, 0.2) is 41.4 Å². The molecule has 1 aliphatic carbocycles. The van der Waals surface area contributed by atoms with E-state index < -0.39 is 5.91 Å². The molecule has 0 radical (unpaired) electrons. The summed E-state index contributed by atoms with van der Waals surface area (Å²) >= 11 is 1.68. The van der Waals surface area contributed by atoms with Gasteiger partial charge in [-0.05, 0) is 73.0 Å². The zero-order chi connectivity index (χ0) is 26.0. The minimum atomic E-state index is -0.551. The summed E-state index contributed by atoms with van der Waals surface area (Å²) in [6.45, 7) is 2.81. The summed E-state index contributed by atoms with van der Waals surface area (Å²) in [5.41, 5.74) is 20.3. The molecule has 4 N–H and O–H groups in total. The highest BCUT2D eigenvalue weighted by atomic mass is 32.1. The molecule has 5 aromatic rings. The number of aryl methyl sites for hydroxylation is 1. The van der Waals surface area contributed by atoms with Crippen LogP contribution in [-0.4, -0.2) is 31.8 Å².